The number of nitrogens with one attached hydrogen (secondary N) is 1. The summed E-state index contributed by atoms with van der Waals surface area (Å²) in [5, 5.41) is 22.9. The van der Waals surface area contributed by atoms with E-state index < -0.39 is 12.1 Å². The van der Waals surface area contributed by atoms with Crippen molar-refractivity contribution in [1.29, 1.82) is 0 Å². The number of allylic oxidation sites excluding steroid dienone is 5. The van der Waals surface area contributed by atoms with E-state index in [0.717, 1.165) is 32.1 Å². The van der Waals surface area contributed by atoms with Gasteiger partial charge in [-0.05, 0) is 51.4 Å². The van der Waals surface area contributed by atoms with Gasteiger partial charge < -0.3 is 15.5 Å². The first-order valence-corrected chi connectivity index (χ1v) is 27.2. The first-order valence-electron chi connectivity index (χ1n) is 27.2. The van der Waals surface area contributed by atoms with Crippen LogP contribution >= 0.6 is 0 Å². The SMILES string of the molecule is CCCCCCCCC/C=C/C(O)C(CO)NC(=O)CCCCCCCCCCCCCCCCCCC/C=C\C/C=C\CCCCCCCCCCCCCCCCC. The number of aliphatic hydroxyl groups is 2. The second kappa shape index (κ2) is 52.0. The zero-order valence-corrected chi connectivity index (χ0v) is 40.7. The molecule has 4 heteroatoms. The van der Waals surface area contributed by atoms with Gasteiger partial charge >= 0.3 is 0 Å². The highest BCUT2D eigenvalue weighted by Crippen LogP contribution is 2.17. The molecule has 0 rings (SSSR count). The van der Waals surface area contributed by atoms with Crippen molar-refractivity contribution in [2.24, 2.45) is 0 Å². The minimum absolute atomic E-state index is 0.0639. The normalized spacial score (nSPS) is 13.1. The summed E-state index contributed by atoms with van der Waals surface area (Å²) in [6.45, 7) is 4.30. The molecule has 4 nitrogen and oxygen atoms in total. The molecule has 0 aromatic heterocycles. The Labute approximate surface area is 376 Å². The summed E-state index contributed by atoms with van der Waals surface area (Å²) in [6, 6.07) is -0.619. The van der Waals surface area contributed by atoms with Crippen molar-refractivity contribution in [3.8, 4) is 0 Å². The van der Waals surface area contributed by atoms with E-state index >= 15 is 0 Å². The summed E-state index contributed by atoms with van der Waals surface area (Å²) in [5.41, 5.74) is 0. The fourth-order valence-corrected chi connectivity index (χ4v) is 8.45. The first-order chi connectivity index (χ1) is 29.7. The molecule has 0 aromatic carbocycles. The largest absolute Gasteiger partial charge is 0.394 e. The first kappa shape index (κ1) is 58.6. The van der Waals surface area contributed by atoms with Crippen molar-refractivity contribution in [2.45, 2.75) is 309 Å². The summed E-state index contributed by atoms with van der Waals surface area (Å²) in [6.07, 6.45) is 70.4. The van der Waals surface area contributed by atoms with E-state index in [-0.39, 0.29) is 12.5 Å². The number of rotatable bonds is 50. The van der Waals surface area contributed by atoms with Gasteiger partial charge in [-0.15, -0.1) is 0 Å². The Balaban J connectivity index is 3.37. The van der Waals surface area contributed by atoms with E-state index in [1.807, 2.05) is 6.08 Å². The molecular formula is C56H107NO3. The Morgan fingerprint density at radius 3 is 1.00 bits per heavy atom. The molecule has 0 aliphatic carbocycles. The van der Waals surface area contributed by atoms with E-state index in [2.05, 4.69) is 43.5 Å². The minimum atomic E-state index is -0.835. The lowest BCUT2D eigenvalue weighted by atomic mass is 10.0. The summed E-state index contributed by atoms with van der Waals surface area (Å²) in [4.78, 5) is 12.4. The summed E-state index contributed by atoms with van der Waals surface area (Å²) < 4.78 is 0. The predicted octanol–water partition coefficient (Wildman–Crippen LogP) is 17.7. The Kier molecular flexibility index (Phi) is 50.8. The summed E-state index contributed by atoms with van der Waals surface area (Å²) in [5.74, 6) is -0.0639. The summed E-state index contributed by atoms with van der Waals surface area (Å²) >= 11 is 0. The van der Waals surface area contributed by atoms with E-state index in [4.69, 9.17) is 0 Å². The fraction of sp³-hybridized carbons (Fsp3) is 0.875. The maximum atomic E-state index is 12.4. The van der Waals surface area contributed by atoms with Gasteiger partial charge in [0.15, 0.2) is 0 Å². The van der Waals surface area contributed by atoms with Gasteiger partial charge in [0, 0.05) is 6.42 Å². The fourth-order valence-electron chi connectivity index (χ4n) is 8.45. The lowest BCUT2D eigenvalue weighted by Crippen LogP contribution is -2.45. The van der Waals surface area contributed by atoms with Crippen molar-refractivity contribution in [3.05, 3.63) is 36.5 Å². The molecule has 3 N–H and O–H groups in total. The number of unbranched alkanes of at least 4 members (excludes halogenated alkanes) is 39. The third-order valence-corrected chi connectivity index (χ3v) is 12.6. The molecule has 354 valence electrons. The Morgan fingerprint density at radius 2 is 0.683 bits per heavy atom. The van der Waals surface area contributed by atoms with Gasteiger partial charge in [0.25, 0.3) is 0 Å². The third-order valence-electron chi connectivity index (χ3n) is 12.6. The van der Waals surface area contributed by atoms with E-state index in [9.17, 15) is 15.0 Å². The molecule has 0 heterocycles. The average Bonchev–Trinajstić information content (AvgIpc) is 3.25. The monoisotopic (exact) mass is 842 g/mol. The van der Waals surface area contributed by atoms with Crippen LogP contribution in [-0.2, 0) is 4.79 Å². The molecule has 0 aromatic rings. The molecule has 0 bridgehead atoms. The second-order valence-corrected chi connectivity index (χ2v) is 18.7. The van der Waals surface area contributed by atoms with Gasteiger partial charge in [0.2, 0.25) is 5.91 Å². The highest BCUT2D eigenvalue weighted by atomic mass is 16.3. The van der Waals surface area contributed by atoms with Gasteiger partial charge in [0.05, 0.1) is 18.8 Å². The minimum Gasteiger partial charge on any atom is -0.394 e. The van der Waals surface area contributed by atoms with Gasteiger partial charge in [-0.2, -0.15) is 0 Å². The zero-order chi connectivity index (χ0) is 43.5. The molecule has 60 heavy (non-hydrogen) atoms. The lowest BCUT2D eigenvalue weighted by Gasteiger charge is -2.20. The number of carbonyl (C=O) groups excluding carboxylic acids is 1. The Morgan fingerprint density at radius 1 is 0.400 bits per heavy atom. The molecule has 0 spiro atoms. The van der Waals surface area contributed by atoms with Crippen LogP contribution in [0.15, 0.2) is 36.5 Å². The van der Waals surface area contributed by atoms with Crippen LogP contribution in [0.4, 0.5) is 0 Å². The Hall–Kier alpha value is -1.39. The van der Waals surface area contributed by atoms with Crippen molar-refractivity contribution in [1.82, 2.24) is 5.32 Å². The van der Waals surface area contributed by atoms with Gasteiger partial charge in [-0.25, -0.2) is 0 Å². The van der Waals surface area contributed by atoms with Crippen LogP contribution in [0.5, 0.6) is 0 Å². The number of hydrogen-bond donors (Lipinski definition) is 3. The molecule has 0 fully saturated rings. The van der Waals surface area contributed by atoms with Crippen LogP contribution in [0.1, 0.15) is 296 Å². The molecule has 0 aliphatic rings. The molecule has 2 unspecified atom stereocenters. The maximum Gasteiger partial charge on any atom is 0.220 e. The molecule has 1 amide bonds. The van der Waals surface area contributed by atoms with Crippen molar-refractivity contribution >= 4 is 5.91 Å². The Bertz CT molecular complexity index is 912. The third kappa shape index (κ3) is 47.7. The standard InChI is InChI=1S/C56H107NO3/c1-3-5-7-9-11-13-14-15-16-17-18-19-20-21-22-23-24-25-26-27-28-29-30-31-32-33-34-35-36-37-38-39-40-41-42-44-46-48-50-52-56(60)57-54(53-58)55(59)51-49-47-45-43-12-10-8-6-4-2/h24-25,27-28,49,51,54-55,58-59H,3-23,26,29-48,50,52-53H2,1-2H3,(H,57,60)/b25-24-,28-27-,51-49+. The van der Waals surface area contributed by atoms with Crippen LogP contribution in [-0.4, -0.2) is 34.9 Å². The second-order valence-electron chi connectivity index (χ2n) is 18.7. The number of carbonyl (C=O) groups is 1. The van der Waals surface area contributed by atoms with E-state index in [1.54, 1.807) is 6.08 Å². The zero-order valence-electron chi connectivity index (χ0n) is 40.7. The molecule has 0 radical (unpaired) electrons. The number of hydrogen-bond acceptors (Lipinski definition) is 3. The van der Waals surface area contributed by atoms with Crippen LogP contribution in [0.25, 0.3) is 0 Å². The molecule has 0 aliphatic heterocycles. The number of aliphatic hydroxyl groups excluding tert-OH is 2. The topological polar surface area (TPSA) is 69.6 Å². The van der Waals surface area contributed by atoms with E-state index in [0.29, 0.717) is 6.42 Å². The molecule has 0 saturated heterocycles. The molecule has 0 saturated carbocycles. The highest BCUT2D eigenvalue weighted by Gasteiger charge is 2.18. The van der Waals surface area contributed by atoms with E-state index in [1.165, 1.54) is 244 Å². The van der Waals surface area contributed by atoms with Crippen LogP contribution in [0.3, 0.4) is 0 Å². The van der Waals surface area contributed by atoms with Crippen LogP contribution in [0.2, 0.25) is 0 Å². The molecular weight excluding hydrogens is 735 g/mol. The molecule has 2 atom stereocenters. The maximum absolute atomic E-state index is 12.4. The highest BCUT2D eigenvalue weighted by molar-refractivity contribution is 5.76. The number of amides is 1. The average molecular weight is 842 g/mol. The van der Waals surface area contributed by atoms with Crippen LogP contribution < -0.4 is 5.32 Å². The summed E-state index contributed by atoms with van der Waals surface area (Å²) in [7, 11) is 0. The van der Waals surface area contributed by atoms with Gasteiger partial charge in [0.1, 0.15) is 0 Å². The van der Waals surface area contributed by atoms with Gasteiger partial charge in [-0.1, -0.05) is 275 Å². The smallest absolute Gasteiger partial charge is 0.220 e. The van der Waals surface area contributed by atoms with Crippen molar-refractivity contribution in [3.63, 3.8) is 0 Å². The quantitative estimate of drug-likeness (QED) is 0.0422. The predicted molar refractivity (Wildman–Crippen MR) is 267 cm³/mol. The van der Waals surface area contributed by atoms with Gasteiger partial charge in [-0.3, -0.25) is 4.79 Å². The van der Waals surface area contributed by atoms with Crippen molar-refractivity contribution < 1.29 is 15.0 Å². The van der Waals surface area contributed by atoms with Crippen molar-refractivity contribution in [2.75, 3.05) is 6.61 Å². The van der Waals surface area contributed by atoms with Crippen LogP contribution in [0, 0.1) is 0 Å². The lowest BCUT2D eigenvalue weighted by molar-refractivity contribution is -0.123.